The second-order valence-corrected chi connectivity index (χ2v) is 8.43. The number of anilines is 1. The molecule has 0 bridgehead atoms. The summed E-state index contributed by atoms with van der Waals surface area (Å²) < 4.78 is 5.48. The van der Waals surface area contributed by atoms with Crippen molar-refractivity contribution < 1.29 is 14.0 Å². The van der Waals surface area contributed by atoms with Gasteiger partial charge in [0.25, 0.3) is 0 Å². The Morgan fingerprint density at radius 2 is 1.87 bits per heavy atom. The maximum absolute atomic E-state index is 13.1. The second kappa shape index (κ2) is 9.51. The van der Waals surface area contributed by atoms with Crippen LogP contribution in [0.2, 0.25) is 0 Å². The van der Waals surface area contributed by atoms with E-state index in [2.05, 4.69) is 32.0 Å². The molecule has 0 unspecified atom stereocenters. The van der Waals surface area contributed by atoms with Crippen LogP contribution in [0.15, 0.2) is 41.0 Å². The molecular formula is C22H25N5O3S. The highest BCUT2D eigenvalue weighted by atomic mass is 32.1. The number of carbonyl (C=O) groups excluding carboxylic acids is 2. The van der Waals surface area contributed by atoms with Crippen molar-refractivity contribution in [1.29, 1.82) is 0 Å². The summed E-state index contributed by atoms with van der Waals surface area (Å²) in [4.78, 5) is 39.4. The van der Waals surface area contributed by atoms with E-state index in [4.69, 9.17) is 4.42 Å². The fourth-order valence-corrected chi connectivity index (χ4v) is 4.45. The molecule has 4 heterocycles. The minimum Gasteiger partial charge on any atom is -0.463 e. The first-order valence-electron chi connectivity index (χ1n) is 10.3. The van der Waals surface area contributed by atoms with Crippen LogP contribution in [0, 0.1) is 6.92 Å². The fourth-order valence-electron chi connectivity index (χ4n) is 3.52. The normalized spacial score (nSPS) is 15.2. The van der Waals surface area contributed by atoms with Crippen molar-refractivity contribution in [3.05, 3.63) is 52.9 Å². The molecule has 31 heavy (non-hydrogen) atoms. The van der Waals surface area contributed by atoms with E-state index in [0.29, 0.717) is 33.7 Å². The average molecular weight is 440 g/mol. The molecule has 1 amide bonds. The second-order valence-electron chi connectivity index (χ2n) is 7.43. The molecule has 1 fully saturated rings. The number of furan rings is 1. The lowest BCUT2D eigenvalue weighted by molar-refractivity contribution is -0.117. The molecule has 3 aromatic heterocycles. The van der Waals surface area contributed by atoms with Crippen molar-refractivity contribution in [3.63, 3.8) is 0 Å². The van der Waals surface area contributed by atoms with Gasteiger partial charge in [-0.2, -0.15) is 0 Å². The summed E-state index contributed by atoms with van der Waals surface area (Å²) in [5, 5.41) is 3.23. The van der Waals surface area contributed by atoms with Crippen LogP contribution in [0.3, 0.4) is 0 Å². The van der Waals surface area contributed by atoms with Crippen LogP contribution in [0.5, 0.6) is 0 Å². The van der Waals surface area contributed by atoms with E-state index in [1.165, 1.54) is 6.26 Å². The zero-order chi connectivity index (χ0) is 21.8. The fraction of sp³-hybridized carbons (Fsp3) is 0.364. The highest BCUT2D eigenvalue weighted by Crippen LogP contribution is 2.33. The topological polar surface area (TPSA) is 91.6 Å². The van der Waals surface area contributed by atoms with Crippen molar-refractivity contribution in [2.45, 2.75) is 13.8 Å². The Kier molecular flexibility index (Phi) is 6.55. The van der Waals surface area contributed by atoms with Crippen LogP contribution < -0.4 is 5.32 Å². The maximum Gasteiger partial charge on any atom is 0.240 e. The lowest BCUT2D eigenvalue weighted by Gasteiger charge is -2.33. The molecule has 0 radical (unpaired) electrons. The molecule has 1 aliphatic heterocycles. The van der Waals surface area contributed by atoms with E-state index in [1.807, 2.05) is 13.0 Å². The van der Waals surface area contributed by atoms with Gasteiger partial charge in [-0.15, -0.1) is 0 Å². The van der Waals surface area contributed by atoms with E-state index in [0.717, 1.165) is 49.8 Å². The highest BCUT2D eigenvalue weighted by molar-refractivity contribution is 7.18. The number of aryl methyl sites for hydroxylation is 1. The minimum atomic E-state index is -0.246. The summed E-state index contributed by atoms with van der Waals surface area (Å²) in [7, 11) is 0. The third kappa shape index (κ3) is 5.07. The number of aromatic nitrogens is 2. The quantitative estimate of drug-likeness (QED) is 0.566. The molecule has 0 aromatic carbocycles. The summed E-state index contributed by atoms with van der Waals surface area (Å²) in [6, 6.07) is 8.79. The maximum atomic E-state index is 13.1. The third-order valence-corrected chi connectivity index (χ3v) is 6.20. The number of likely N-dealkylation sites (N-methyl/N-ethyl adjacent to an activating group) is 1. The zero-order valence-electron chi connectivity index (χ0n) is 17.6. The highest BCUT2D eigenvalue weighted by Gasteiger charge is 2.25. The van der Waals surface area contributed by atoms with Gasteiger partial charge in [0.1, 0.15) is 16.3 Å². The molecule has 1 saturated heterocycles. The van der Waals surface area contributed by atoms with E-state index in [-0.39, 0.29) is 11.7 Å². The first kappa shape index (κ1) is 21.4. The van der Waals surface area contributed by atoms with Crippen molar-refractivity contribution >= 4 is 28.2 Å². The van der Waals surface area contributed by atoms with E-state index in [1.54, 1.807) is 24.3 Å². The minimum absolute atomic E-state index is 0.141. The van der Waals surface area contributed by atoms with Gasteiger partial charge in [-0.1, -0.05) is 24.3 Å². The van der Waals surface area contributed by atoms with Crippen molar-refractivity contribution in [2.75, 3.05) is 44.6 Å². The Labute approximate surface area is 184 Å². The molecule has 1 aliphatic rings. The van der Waals surface area contributed by atoms with Crippen LogP contribution in [0.1, 0.15) is 28.0 Å². The Hall–Kier alpha value is -2.88. The van der Waals surface area contributed by atoms with Gasteiger partial charge in [0.15, 0.2) is 10.9 Å². The third-order valence-electron chi connectivity index (χ3n) is 5.23. The average Bonchev–Trinajstić information content (AvgIpc) is 3.43. The number of hydrogen-bond acceptors (Lipinski definition) is 8. The number of ketones is 1. The summed E-state index contributed by atoms with van der Waals surface area (Å²) in [5.74, 6) is 0.0876. The van der Waals surface area contributed by atoms with Crippen LogP contribution >= 0.6 is 11.3 Å². The molecule has 3 aromatic rings. The van der Waals surface area contributed by atoms with E-state index >= 15 is 0 Å². The molecule has 0 atom stereocenters. The number of nitrogens with one attached hydrogen (secondary N) is 1. The Morgan fingerprint density at radius 3 is 2.55 bits per heavy atom. The molecule has 0 saturated carbocycles. The van der Waals surface area contributed by atoms with Gasteiger partial charge in [0, 0.05) is 31.9 Å². The van der Waals surface area contributed by atoms with Crippen molar-refractivity contribution in [1.82, 2.24) is 19.8 Å². The number of nitrogens with zero attached hydrogens (tertiary/aromatic N) is 4. The Balaban J connectivity index is 1.52. The Morgan fingerprint density at radius 1 is 1.10 bits per heavy atom. The molecular weight excluding hydrogens is 414 g/mol. The van der Waals surface area contributed by atoms with Crippen molar-refractivity contribution in [3.8, 4) is 11.5 Å². The number of hydrogen-bond donors (Lipinski definition) is 1. The number of thiazole rings is 1. The van der Waals surface area contributed by atoms with E-state index in [9.17, 15) is 9.59 Å². The molecule has 1 N–H and O–H groups in total. The van der Waals surface area contributed by atoms with Gasteiger partial charge < -0.3 is 14.6 Å². The number of pyridine rings is 1. The number of rotatable bonds is 7. The van der Waals surface area contributed by atoms with Crippen LogP contribution in [0.4, 0.5) is 5.13 Å². The number of carbonyl (C=O) groups is 2. The largest absolute Gasteiger partial charge is 0.463 e. The van der Waals surface area contributed by atoms with Crippen LogP contribution in [-0.2, 0) is 4.79 Å². The molecule has 4 rings (SSSR count). The number of piperazine rings is 1. The van der Waals surface area contributed by atoms with Gasteiger partial charge in [0.05, 0.1) is 12.8 Å². The molecule has 0 aliphatic carbocycles. The summed E-state index contributed by atoms with van der Waals surface area (Å²) in [5.41, 5.74) is 1.50. The van der Waals surface area contributed by atoms with Gasteiger partial charge in [0.2, 0.25) is 11.7 Å². The zero-order valence-corrected chi connectivity index (χ0v) is 18.4. The lowest BCUT2D eigenvalue weighted by Crippen LogP contribution is -2.48. The van der Waals surface area contributed by atoms with Gasteiger partial charge in [-0.25, -0.2) is 9.97 Å². The summed E-state index contributed by atoms with van der Waals surface area (Å²) in [6.07, 6.45) is 1.53. The van der Waals surface area contributed by atoms with Gasteiger partial charge >= 0.3 is 0 Å². The molecule has 162 valence electrons. The first-order valence-corrected chi connectivity index (χ1v) is 11.1. The first-order chi connectivity index (χ1) is 15.0. The molecule has 0 spiro atoms. The van der Waals surface area contributed by atoms with E-state index < -0.39 is 0 Å². The van der Waals surface area contributed by atoms with Crippen LogP contribution in [-0.4, -0.2) is 70.7 Å². The smallest absolute Gasteiger partial charge is 0.240 e. The predicted molar refractivity (Wildman–Crippen MR) is 119 cm³/mol. The SMILES string of the molecule is CCN1CCN(CC(=O)Nc2nc(-c3ccco3)c(C(=O)c3cccc(C)n3)s2)CC1. The molecule has 8 nitrogen and oxygen atoms in total. The number of amides is 1. The van der Waals surface area contributed by atoms with Gasteiger partial charge in [-0.05, 0) is 37.7 Å². The lowest BCUT2D eigenvalue weighted by atomic mass is 10.1. The van der Waals surface area contributed by atoms with Crippen molar-refractivity contribution in [2.24, 2.45) is 0 Å². The van der Waals surface area contributed by atoms with Gasteiger partial charge in [-0.3, -0.25) is 14.5 Å². The summed E-state index contributed by atoms with van der Waals surface area (Å²) >= 11 is 1.14. The standard InChI is InChI=1S/C22H25N5O3S/c1-3-26-9-11-27(12-10-26)14-18(28)24-22-25-19(17-8-5-13-30-17)21(31-22)20(29)16-7-4-6-15(2)23-16/h4-8,13H,3,9-12,14H2,1-2H3,(H,24,25,28). The monoisotopic (exact) mass is 439 g/mol. The Bertz CT molecular complexity index is 1060. The van der Waals surface area contributed by atoms with Crippen LogP contribution in [0.25, 0.3) is 11.5 Å². The predicted octanol–water partition coefficient (Wildman–Crippen LogP) is 2.91. The molecule has 9 heteroatoms. The summed E-state index contributed by atoms with van der Waals surface area (Å²) in [6.45, 7) is 8.96.